The van der Waals surface area contributed by atoms with Gasteiger partial charge in [0.1, 0.15) is 6.61 Å². The molecular weight excluding hydrogens is 408 g/mol. The molecular formula is C24H24N4O2S. The lowest BCUT2D eigenvalue weighted by Crippen LogP contribution is -2.16. The van der Waals surface area contributed by atoms with Crippen LogP contribution in [0.4, 0.5) is 0 Å². The Morgan fingerprint density at radius 2 is 1.65 bits per heavy atom. The van der Waals surface area contributed by atoms with Crippen molar-refractivity contribution in [2.24, 2.45) is 0 Å². The molecule has 158 valence electrons. The standard InChI is InChI=1S/C24H24N4O2S/c1-2-29-22-15-19(13-14-21(22)30-17-18-9-5-3-6-10-18)16-25-28-23(26-27-24(28)31)20-11-7-4-8-12-20/h3-15,25H,2,16-17H2,1H3,(H,27,31). The minimum absolute atomic E-state index is 0.489. The van der Waals surface area contributed by atoms with Crippen LogP contribution in [0.5, 0.6) is 11.5 Å². The zero-order valence-electron chi connectivity index (χ0n) is 17.2. The highest BCUT2D eigenvalue weighted by atomic mass is 32.1. The van der Waals surface area contributed by atoms with Gasteiger partial charge in [0.25, 0.3) is 0 Å². The van der Waals surface area contributed by atoms with Crippen molar-refractivity contribution in [3.05, 3.63) is 94.8 Å². The SMILES string of the molecule is CCOc1cc(CNn2c(-c3ccccc3)n[nH]c2=S)ccc1OCc1ccccc1. The number of aromatic nitrogens is 3. The fourth-order valence-electron chi connectivity index (χ4n) is 3.18. The molecule has 0 fully saturated rings. The number of benzene rings is 3. The maximum atomic E-state index is 5.99. The van der Waals surface area contributed by atoms with Crippen LogP contribution < -0.4 is 14.9 Å². The summed E-state index contributed by atoms with van der Waals surface area (Å²) in [4.78, 5) is 0. The van der Waals surface area contributed by atoms with E-state index in [0.717, 1.165) is 34.0 Å². The molecule has 4 aromatic rings. The molecule has 4 rings (SSSR count). The van der Waals surface area contributed by atoms with Gasteiger partial charge < -0.3 is 14.9 Å². The van der Waals surface area contributed by atoms with E-state index in [1.165, 1.54) is 0 Å². The Kier molecular flexibility index (Phi) is 6.64. The maximum Gasteiger partial charge on any atom is 0.214 e. The van der Waals surface area contributed by atoms with Gasteiger partial charge in [-0.1, -0.05) is 66.7 Å². The van der Waals surface area contributed by atoms with Crippen molar-refractivity contribution in [2.75, 3.05) is 12.0 Å². The Morgan fingerprint density at radius 1 is 0.903 bits per heavy atom. The van der Waals surface area contributed by atoms with Crippen LogP contribution in [-0.2, 0) is 13.2 Å². The molecule has 0 aliphatic heterocycles. The maximum absolute atomic E-state index is 5.99. The van der Waals surface area contributed by atoms with Gasteiger partial charge in [-0.2, -0.15) is 5.10 Å². The van der Waals surface area contributed by atoms with Crippen LogP contribution >= 0.6 is 12.2 Å². The number of aromatic amines is 1. The predicted molar refractivity (Wildman–Crippen MR) is 124 cm³/mol. The lowest BCUT2D eigenvalue weighted by atomic mass is 10.2. The minimum atomic E-state index is 0.489. The lowest BCUT2D eigenvalue weighted by Gasteiger charge is -2.15. The second-order valence-corrected chi connectivity index (χ2v) is 7.26. The molecule has 0 saturated heterocycles. The van der Waals surface area contributed by atoms with Crippen LogP contribution in [-0.4, -0.2) is 21.5 Å². The van der Waals surface area contributed by atoms with Crippen LogP contribution in [0.2, 0.25) is 0 Å². The first-order chi connectivity index (χ1) is 15.2. The van der Waals surface area contributed by atoms with Crippen LogP contribution in [0, 0.1) is 4.77 Å². The number of hydrogen-bond acceptors (Lipinski definition) is 5. The van der Waals surface area contributed by atoms with Gasteiger partial charge in [-0.3, -0.25) is 0 Å². The minimum Gasteiger partial charge on any atom is -0.490 e. The first-order valence-electron chi connectivity index (χ1n) is 10.1. The quantitative estimate of drug-likeness (QED) is 0.350. The van der Waals surface area contributed by atoms with E-state index in [1.54, 1.807) is 4.68 Å². The third-order valence-electron chi connectivity index (χ3n) is 4.69. The van der Waals surface area contributed by atoms with Crippen molar-refractivity contribution in [1.82, 2.24) is 14.9 Å². The molecule has 31 heavy (non-hydrogen) atoms. The number of ether oxygens (including phenoxy) is 2. The van der Waals surface area contributed by atoms with E-state index >= 15 is 0 Å². The zero-order valence-corrected chi connectivity index (χ0v) is 18.1. The topological polar surface area (TPSA) is 64.1 Å². The van der Waals surface area contributed by atoms with Crippen molar-refractivity contribution < 1.29 is 9.47 Å². The summed E-state index contributed by atoms with van der Waals surface area (Å²) < 4.78 is 14.1. The van der Waals surface area contributed by atoms with Gasteiger partial charge in [-0.25, -0.2) is 9.77 Å². The van der Waals surface area contributed by atoms with Crippen molar-refractivity contribution in [3.63, 3.8) is 0 Å². The molecule has 1 heterocycles. The molecule has 6 nitrogen and oxygen atoms in total. The van der Waals surface area contributed by atoms with Crippen molar-refractivity contribution in [2.45, 2.75) is 20.1 Å². The van der Waals surface area contributed by atoms with Gasteiger partial charge in [0.05, 0.1) is 13.2 Å². The fourth-order valence-corrected chi connectivity index (χ4v) is 3.38. The second kappa shape index (κ2) is 9.95. The lowest BCUT2D eigenvalue weighted by molar-refractivity contribution is 0.269. The summed E-state index contributed by atoms with van der Waals surface area (Å²) in [5.41, 5.74) is 6.47. The van der Waals surface area contributed by atoms with Crippen molar-refractivity contribution in [1.29, 1.82) is 0 Å². The summed E-state index contributed by atoms with van der Waals surface area (Å²) in [6, 6.07) is 25.9. The second-order valence-electron chi connectivity index (χ2n) is 6.88. The van der Waals surface area contributed by atoms with Gasteiger partial charge >= 0.3 is 0 Å². The van der Waals surface area contributed by atoms with Gasteiger partial charge in [0.15, 0.2) is 17.3 Å². The monoisotopic (exact) mass is 432 g/mol. The largest absolute Gasteiger partial charge is 0.490 e. The zero-order chi connectivity index (χ0) is 21.5. The molecule has 0 atom stereocenters. The molecule has 3 aromatic carbocycles. The molecule has 0 amide bonds. The van der Waals surface area contributed by atoms with Gasteiger partial charge in [-0.15, -0.1) is 0 Å². The highest BCUT2D eigenvalue weighted by molar-refractivity contribution is 7.71. The summed E-state index contributed by atoms with van der Waals surface area (Å²) in [7, 11) is 0. The Balaban J connectivity index is 1.49. The highest BCUT2D eigenvalue weighted by Crippen LogP contribution is 2.29. The van der Waals surface area contributed by atoms with E-state index < -0.39 is 0 Å². The van der Waals surface area contributed by atoms with E-state index in [4.69, 9.17) is 21.7 Å². The molecule has 1 aromatic heterocycles. The molecule has 0 saturated carbocycles. The van der Waals surface area contributed by atoms with Crippen LogP contribution in [0.1, 0.15) is 18.1 Å². The van der Waals surface area contributed by atoms with E-state index in [9.17, 15) is 0 Å². The van der Waals surface area contributed by atoms with E-state index in [0.29, 0.717) is 24.5 Å². The summed E-state index contributed by atoms with van der Waals surface area (Å²) in [6.45, 7) is 3.56. The Bertz CT molecular complexity index is 1170. The summed E-state index contributed by atoms with van der Waals surface area (Å²) >= 11 is 5.40. The van der Waals surface area contributed by atoms with Gasteiger partial charge in [0.2, 0.25) is 4.77 Å². The average molecular weight is 433 g/mol. The first kappa shape index (κ1) is 20.7. The summed E-state index contributed by atoms with van der Waals surface area (Å²) in [6.07, 6.45) is 0. The number of hydrogen-bond donors (Lipinski definition) is 2. The molecule has 0 bridgehead atoms. The number of nitrogens with one attached hydrogen (secondary N) is 2. The summed E-state index contributed by atoms with van der Waals surface area (Å²) in [5, 5.41) is 7.20. The third-order valence-corrected chi connectivity index (χ3v) is 4.96. The fraction of sp³-hybridized carbons (Fsp3) is 0.167. The smallest absolute Gasteiger partial charge is 0.214 e. The molecule has 0 radical (unpaired) electrons. The average Bonchev–Trinajstić information content (AvgIpc) is 3.19. The predicted octanol–water partition coefficient (Wildman–Crippen LogP) is 5.33. The van der Waals surface area contributed by atoms with Crippen LogP contribution in [0.3, 0.4) is 0 Å². The molecule has 0 aliphatic rings. The number of nitrogens with zero attached hydrogens (tertiary/aromatic N) is 2. The molecule has 0 spiro atoms. The molecule has 0 aliphatic carbocycles. The van der Waals surface area contributed by atoms with E-state index in [1.807, 2.05) is 85.8 Å². The Morgan fingerprint density at radius 3 is 2.39 bits per heavy atom. The third kappa shape index (κ3) is 5.13. The molecule has 0 unspecified atom stereocenters. The Labute approximate surface area is 186 Å². The Hall–Kier alpha value is -3.58. The van der Waals surface area contributed by atoms with Crippen LogP contribution in [0.15, 0.2) is 78.9 Å². The van der Waals surface area contributed by atoms with E-state index in [-0.39, 0.29) is 0 Å². The van der Waals surface area contributed by atoms with Crippen LogP contribution in [0.25, 0.3) is 11.4 Å². The number of rotatable bonds is 9. The normalized spacial score (nSPS) is 10.6. The van der Waals surface area contributed by atoms with Gasteiger partial charge in [0, 0.05) is 5.56 Å². The van der Waals surface area contributed by atoms with Crippen molar-refractivity contribution >= 4 is 12.2 Å². The van der Waals surface area contributed by atoms with Gasteiger partial charge in [-0.05, 0) is 42.4 Å². The molecule has 2 N–H and O–H groups in total. The number of H-pyrrole nitrogens is 1. The van der Waals surface area contributed by atoms with Crippen molar-refractivity contribution in [3.8, 4) is 22.9 Å². The first-order valence-corrected chi connectivity index (χ1v) is 10.5. The van der Waals surface area contributed by atoms with E-state index in [2.05, 4.69) is 15.6 Å². The highest BCUT2D eigenvalue weighted by Gasteiger charge is 2.10. The molecule has 7 heteroatoms. The summed E-state index contributed by atoms with van der Waals surface area (Å²) in [5.74, 6) is 2.18.